The zero-order valence-corrected chi connectivity index (χ0v) is 14.3. The summed E-state index contributed by atoms with van der Waals surface area (Å²) in [4.78, 5) is 32.0. The molecule has 0 unspecified atom stereocenters. The lowest BCUT2D eigenvalue weighted by Gasteiger charge is -2.07. The van der Waals surface area contributed by atoms with E-state index in [1.54, 1.807) is 31.2 Å². The Hall–Kier alpha value is -3.32. The first kappa shape index (κ1) is 17.5. The highest BCUT2D eigenvalue weighted by molar-refractivity contribution is 5.96. The SMILES string of the molecule is CC(=O)c1cccc(N=c2oc3c(C)ncc(CO)c3cc2C(N)=O)c1. The van der Waals surface area contributed by atoms with Gasteiger partial charge in [-0.2, -0.15) is 0 Å². The van der Waals surface area contributed by atoms with Gasteiger partial charge in [0.1, 0.15) is 5.56 Å². The van der Waals surface area contributed by atoms with Gasteiger partial charge in [-0.15, -0.1) is 0 Å². The number of aliphatic hydroxyl groups is 1. The quantitative estimate of drug-likeness (QED) is 0.698. The third-order valence-electron chi connectivity index (χ3n) is 3.97. The van der Waals surface area contributed by atoms with Crippen LogP contribution in [0.15, 0.2) is 45.9 Å². The van der Waals surface area contributed by atoms with E-state index in [-0.39, 0.29) is 23.5 Å². The van der Waals surface area contributed by atoms with Crippen molar-refractivity contribution in [3.05, 3.63) is 64.5 Å². The molecule has 7 nitrogen and oxygen atoms in total. The van der Waals surface area contributed by atoms with Crippen molar-refractivity contribution in [2.24, 2.45) is 10.7 Å². The van der Waals surface area contributed by atoms with Crippen LogP contribution in [0.4, 0.5) is 5.69 Å². The zero-order valence-electron chi connectivity index (χ0n) is 14.3. The van der Waals surface area contributed by atoms with Crippen LogP contribution < -0.4 is 11.3 Å². The van der Waals surface area contributed by atoms with E-state index in [1.165, 1.54) is 19.2 Å². The van der Waals surface area contributed by atoms with Gasteiger partial charge in [-0.1, -0.05) is 12.1 Å². The first-order chi connectivity index (χ1) is 12.4. The monoisotopic (exact) mass is 351 g/mol. The molecule has 0 atom stereocenters. The van der Waals surface area contributed by atoms with Gasteiger partial charge >= 0.3 is 0 Å². The highest BCUT2D eigenvalue weighted by Crippen LogP contribution is 2.21. The van der Waals surface area contributed by atoms with Crippen molar-refractivity contribution in [2.75, 3.05) is 0 Å². The van der Waals surface area contributed by atoms with Gasteiger partial charge in [-0.05, 0) is 32.0 Å². The number of aryl methyl sites for hydroxylation is 1. The smallest absolute Gasteiger partial charge is 0.254 e. The van der Waals surface area contributed by atoms with Crippen LogP contribution in [0.1, 0.15) is 38.9 Å². The first-order valence-corrected chi connectivity index (χ1v) is 7.89. The van der Waals surface area contributed by atoms with E-state index in [1.807, 2.05) is 0 Å². The number of pyridine rings is 1. The number of hydrogen-bond donors (Lipinski definition) is 2. The Bertz CT molecular complexity index is 1100. The van der Waals surface area contributed by atoms with Crippen LogP contribution in [0.3, 0.4) is 0 Å². The number of fused-ring (bicyclic) bond motifs is 1. The molecule has 3 aromatic rings. The van der Waals surface area contributed by atoms with Crippen LogP contribution in [0.2, 0.25) is 0 Å². The molecular formula is C19H17N3O4. The highest BCUT2D eigenvalue weighted by atomic mass is 16.3. The lowest BCUT2D eigenvalue weighted by Crippen LogP contribution is -2.22. The fourth-order valence-corrected chi connectivity index (χ4v) is 2.59. The average molecular weight is 351 g/mol. The molecule has 0 fully saturated rings. The molecule has 7 heteroatoms. The summed E-state index contributed by atoms with van der Waals surface area (Å²) in [5, 5.41) is 10.0. The number of hydrogen-bond acceptors (Lipinski definition) is 6. The number of aliphatic hydroxyl groups excluding tert-OH is 1. The summed E-state index contributed by atoms with van der Waals surface area (Å²) in [6.45, 7) is 2.95. The van der Waals surface area contributed by atoms with E-state index in [2.05, 4.69) is 9.98 Å². The number of nitrogens with zero attached hydrogens (tertiary/aromatic N) is 2. The molecular weight excluding hydrogens is 334 g/mol. The van der Waals surface area contributed by atoms with Gasteiger partial charge < -0.3 is 15.3 Å². The van der Waals surface area contributed by atoms with Crippen molar-refractivity contribution < 1.29 is 19.1 Å². The molecule has 0 bridgehead atoms. The van der Waals surface area contributed by atoms with Gasteiger partial charge in [0.25, 0.3) is 5.91 Å². The Labute approximate surface area is 148 Å². The Morgan fingerprint density at radius 1 is 1.31 bits per heavy atom. The Morgan fingerprint density at radius 2 is 2.08 bits per heavy atom. The maximum atomic E-state index is 11.9. The molecule has 3 rings (SSSR count). The van der Waals surface area contributed by atoms with Crippen molar-refractivity contribution in [2.45, 2.75) is 20.5 Å². The number of ketones is 1. The minimum absolute atomic E-state index is 0.0192. The van der Waals surface area contributed by atoms with Crippen LogP contribution in [0, 0.1) is 6.92 Å². The van der Waals surface area contributed by atoms with E-state index in [9.17, 15) is 14.7 Å². The number of carbonyl (C=O) groups excluding carboxylic acids is 2. The Kier molecular flexibility index (Phi) is 4.64. The number of nitrogens with two attached hydrogens (primary N) is 1. The van der Waals surface area contributed by atoms with Crippen LogP contribution in [-0.2, 0) is 6.61 Å². The molecule has 0 aliphatic heterocycles. The molecule has 132 valence electrons. The van der Waals surface area contributed by atoms with E-state index in [0.29, 0.717) is 33.5 Å². The van der Waals surface area contributed by atoms with Gasteiger partial charge in [0.2, 0.25) is 5.55 Å². The minimum Gasteiger partial charge on any atom is -0.436 e. The van der Waals surface area contributed by atoms with Crippen LogP contribution in [-0.4, -0.2) is 21.8 Å². The fourth-order valence-electron chi connectivity index (χ4n) is 2.59. The predicted molar refractivity (Wildman–Crippen MR) is 94.9 cm³/mol. The van der Waals surface area contributed by atoms with Crippen molar-refractivity contribution in [3.8, 4) is 0 Å². The summed E-state index contributed by atoms with van der Waals surface area (Å²) in [5.41, 5.74) is 8.02. The molecule has 0 aliphatic rings. The van der Waals surface area contributed by atoms with E-state index in [4.69, 9.17) is 10.2 Å². The summed E-state index contributed by atoms with van der Waals surface area (Å²) in [6.07, 6.45) is 1.52. The fraction of sp³-hybridized carbons (Fsp3) is 0.158. The lowest BCUT2D eigenvalue weighted by molar-refractivity contribution is 0.0992. The molecule has 1 aromatic carbocycles. The second-order valence-corrected chi connectivity index (χ2v) is 5.82. The molecule has 0 saturated heterocycles. The molecule has 2 aromatic heterocycles. The van der Waals surface area contributed by atoms with Crippen molar-refractivity contribution in [3.63, 3.8) is 0 Å². The highest BCUT2D eigenvalue weighted by Gasteiger charge is 2.14. The van der Waals surface area contributed by atoms with E-state index >= 15 is 0 Å². The standard InChI is InChI=1S/C19H17N3O4/c1-10-17-15(13(9-23)8-21-10)7-16(18(20)25)19(26-17)22-14-5-3-4-12(6-14)11(2)24/h3-8,23H,9H2,1-2H3,(H2,20,25). The molecule has 3 N–H and O–H groups in total. The third kappa shape index (κ3) is 3.25. The largest absolute Gasteiger partial charge is 0.436 e. The van der Waals surface area contributed by atoms with Gasteiger partial charge in [0, 0.05) is 22.7 Å². The molecule has 0 saturated carbocycles. The number of amides is 1. The third-order valence-corrected chi connectivity index (χ3v) is 3.97. The Morgan fingerprint density at radius 3 is 2.73 bits per heavy atom. The second kappa shape index (κ2) is 6.89. The second-order valence-electron chi connectivity index (χ2n) is 5.82. The van der Waals surface area contributed by atoms with Gasteiger partial charge in [0.05, 0.1) is 18.0 Å². The summed E-state index contributed by atoms with van der Waals surface area (Å²) < 4.78 is 5.81. The summed E-state index contributed by atoms with van der Waals surface area (Å²) in [7, 11) is 0. The van der Waals surface area contributed by atoms with Gasteiger partial charge in [0.15, 0.2) is 11.4 Å². The molecule has 2 heterocycles. The number of carbonyl (C=O) groups is 2. The maximum Gasteiger partial charge on any atom is 0.254 e. The minimum atomic E-state index is -0.713. The van der Waals surface area contributed by atoms with Crippen LogP contribution in [0.25, 0.3) is 11.0 Å². The summed E-state index contributed by atoms with van der Waals surface area (Å²) in [6, 6.07) is 8.19. The number of benzene rings is 1. The summed E-state index contributed by atoms with van der Waals surface area (Å²) in [5.74, 6) is -0.810. The summed E-state index contributed by atoms with van der Waals surface area (Å²) >= 11 is 0. The van der Waals surface area contributed by atoms with Gasteiger partial charge in [-0.3, -0.25) is 14.6 Å². The molecule has 1 amide bonds. The van der Waals surface area contributed by atoms with Gasteiger partial charge in [-0.25, -0.2) is 4.99 Å². The van der Waals surface area contributed by atoms with E-state index in [0.717, 1.165) is 0 Å². The Balaban J connectivity index is 2.33. The lowest BCUT2D eigenvalue weighted by atomic mass is 10.1. The van der Waals surface area contributed by atoms with Crippen molar-refractivity contribution in [1.82, 2.24) is 4.98 Å². The molecule has 26 heavy (non-hydrogen) atoms. The normalized spacial score (nSPS) is 11.7. The van der Waals surface area contributed by atoms with Crippen LogP contribution in [0.5, 0.6) is 0 Å². The molecule has 0 radical (unpaired) electrons. The molecule has 0 aliphatic carbocycles. The van der Waals surface area contributed by atoms with Crippen LogP contribution >= 0.6 is 0 Å². The first-order valence-electron chi connectivity index (χ1n) is 7.89. The maximum absolute atomic E-state index is 11.9. The van der Waals surface area contributed by atoms with Crippen molar-refractivity contribution >= 4 is 28.3 Å². The number of Topliss-reactive ketones (excluding diaryl/α,β-unsaturated/α-hetero) is 1. The number of aromatic nitrogens is 1. The zero-order chi connectivity index (χ0) is 18.8. The van der Waals surface area contributed by atoms with Crippen molar-refractivity contribution in [1.29, 1.82) is 0 Å². The average Bonchev–Trinajstić information content (AvgIpc) is 2.62. The van der Waals surface area contributed by atoms with E-state index < -0.39 is 5.91 Å². The number of rotatable bonds is 4. The predicted octanol–water partition coefficient (Wildman–Crippen LogP) is 2.16. The number of primary amides is 1. The molecule has 0 spiro atoms. The topological polar surface area (TPSA) is 119 Å².